The number of nitrogens with one attached hydrogen (secondary N) is 2. The van der Waals surface area contributed by atoms with Gasteiger partial charge in [-0.2, -0.15) is 0 Å². The fraction of sp³-hybridized carbons (Fsp3) is 0.750. The molecule has 1 fully saturated rings. The molecule has 1 aliphatic heterocycles. The first-order chi connectivity index (χ1) is 8.69. The van der Waals surface area contributed by atoms with E-state index in [4.69, 9.17) is 0 Å². The number of aromatic nitrogens is 3. The number of carbonyl (C=O) groups excluding carboxylic acids is 1. The van der Waals surface area contributed by atoms with Crippen LogP contribution in [-0.4, -0.2) is 52.2 Å². The van der Waals surface area contributed by atoms with Crippen LogP contribution < -0.4 is 5.32 Å². The van der Waals surface area contributed by atoms with E-state index in [0.29, 0.717) is 0 Å². The third kappa shape index (κ3) is 3.29. The Morgan fingerprint density at radius 2 is 2.44 bits per heavy atom. The number of hydrogen-bond acceptors (Lipinski definition) is 4. The molecule has 0 aliphatic carbocycles. The lowest BCUT2D eigenvalue weighted by molar-refractivity contribution is 0.0902. The van der Waals surface area contributed by atoms with Gasteiger partial charge < -0.3 is 10.2 Å². The van der Waals surface area contributed by atoms with E-state index in [1.165, 1.54) is 0 Å². The number of aromatic amines is 1. The Hall–Kier alpha value is -1.43. The zero-order valence-electron chi connectivity index (χ0n) is 11.1. The van der Waals surface area contributed by atoms with Gasteiger partial charge in [-0.25, -0.2) is 4.98 Å². The van der Waals surface area contributed by atoms with Gasteiger partial charge in [0.2, 0.25) is 5.82 Å². The van der Waals surface area contributed by atoms with Crippen molar-refractivity contribution in [1.82, 2.24) is 25.4 Å². The Labute approximate surface area is 107 Å². The van der Waals surface area contributed by atoms with E-state index in [9.17, 15) is 4.79 Å². The van der Waals surface area contributed by atoms with E-state index < -0.39 is 0 Å². The Kier molecular flexibility index (Phi) is 4.30. The number of likely N-dealkylation sites (N-methyl/N-ethyl adjacent to an activating group) is 1. The van der Waals surface area contributed by atoms with E-state index >= 15 is 0 Å². The summed E-state index contributed by atoms with van der Waals surface area (Å²) >= 11 is 0. The third-order valence-corrected chi connectivity index (χ3v) is 3.18. The molecule has 1 unspecified atom stereocenters. The fourth-order valence-electron chi connectivity index (χ4n) is 2.28. The molecule has 1 aliphatic rings. The van der Waals surface area contributed by atoms with Gasteiger partial charge in [0, 0.05) is 19.0 Å². The van der Waals surface area contributed by atoms with Gasteiger partial charge in [-0.3, -0.25) is 9.89 Å². The van der Waals surface area contributed by atoms with Crippen molar-refractivity contribution >= 4 is 5.91 Å². The van der Waals surface area contributed by atoms with E-state index in [0.717, 1.165) is 44.6 Å². The molecule has 1 atom stereocenters. The summed E-state index contributed by atoms with van der Waals surface area (Å²) in [4.78, 5) is 18.4. The van der Waals surface area contributed by atoms with Crippen molar-refractivity contribution in [3.63, 3.8) is 0 Å². The van der Waals surface area contributed by atoms with Gasteiger partial charge in [-0.05, 0) is 32.9 Å². The smallest absolute Gasteiger partial charge is 0.291 e. The van der Waals surface area contributed by atoms with Gasteiger partial charge in [0.15, 0.2) is 0 Å². The van der Waals surface area contributed by atoms with Crippen molar-refractivity contribution < 1.29 is 4.79 Å². The van der Waals surface area contributed by atoms with E-state index in [2.05, 4.69) is 39.4 Å². The normalized spacial score (nSPS) is 20.9. The predicted molar refractivity (Wildman–Crippen MR) is 68.4 cm³/mol. The molecule has 2 rings (SSSR count). The number of nitrogens with zero attached hydrogens (tertiary/aromatic N) is 3. The van der Waals surface area contributed by atoms with Crippen LogP contribution in [0.1, 0.15) is 42.6 Å². The molecule has 2 N–H and O–H groups in total. The van der Waals surface area contributed by atoms with Crippen LogP contribution in [0, 0.1) is 0 Å². The average molecular weight is 251 g/mol. The lowest BCUT2D eigenvalue weighted by atomic mass is 10.1. The van der Waals surface area contributed by atoms with E-state index in [1.54, 1.807) is 0 Å². The number of piperidine rings is 1. The van der Waals surface area contributed by atoms with Crippen LogP contribution in [0.4, 0.5) is 0 Å². The van der Waals surface area contributed by atoms with Crippen molar-refractivity contribution in [3.05, 3.63) is 11.6 Å². The highest BCUT2D eigenvalue weighted by Gasteiger charge is 2.21. The number of likely N-dealkylation sites (tertiary alicyclic amines) is 1. The standard InChI is InChI=1S/C12H21N5O/c1-3-5-10-14-11(16-15-10)12(18)13-9-6-4-7-17(2)8-9/h9H,3-8H2,1-2H3,(H,13,18)(H,14,15,16). The summed E-state index contributed by atoms with van der Waals surface area (Å²) in [5.74, 6) is 0.865. The monoisotopic (exact) mass is 251 g/mol. The lowest BCUT2D eigenvalue weighted by Crippen LogP contribution is -2.46. The molecule has 0 radical (unpaired) electrons. The molecule has 0 aromatic carbocycles. The first-order valence-electron chi connectivity index (χ1n) is 6.59. The SMILES string of the molecule is CCCc1nc(C(=O)NC2CCCN(C)C2)n[nH]1. The van der Waals surface area contributed by atoms with Crippen molar-refractivity contribution in [2.75, 3.05) is 20.1 Å². The van der Waals surface area contributed by atoms with Crippen LogP contribution in [-0.2, 0) is 6.42 Å². The first-order valence-corrected chi connectivity index (χ1v) is 6.59. The van der Waals surface area contributed by atoms with Crippen molar-refractivity contribution in [3.8, 4) is 0 Å². The van der Waals surface area contributed by atoms with Crippen LogP contribution in [0.25, 0.3) is 0 Å². The molecule has 1 saturated heterocycles. The highest BCUT2D eigenvalue weighted by molar-refractivity contribution is 5.90. The van der Waals surface area contributed by atoms with Gasteiger partial charge in [0.05, 0.1) is 0 Å². The molecule has 0 spiro atoms. The van der Waals surface area contributed by atoms with Gasteiger partial charge in [-0.15, -0.1) is 5.10 Å². The lowest BCUT2D eigenvalue weighted by Gasteiger charge is -2.29. The van der Waals surface area contributed by atoms with Gasteiger partial charge >= 0.3 is 0 Å². The Bertz CT molecular complexity index is 403. The first kappa shape index (κ1) is 13.0. The Morgan fingerprint density at radius 1 is 1.61 bits per heavy atom. The number of aryl methyl sites for hydroxylation is 1. The maximum absolute atomic E-state index is 12.0. The quantitative estimate of drug-likeness (QED) is 0.821. The molecule has 0 saturated carbocycles. The highest BCUT2D eigenvalue weighted by Crippen LogP contribution is 2.08. The van der Waals surface area contributed by atoms with Crippen LogP contribution in [0.2, 0.25) is 0 Å². The second-order valence-electron chi connectivity index (χ2n) is 4.93. The number of H-pyrrole nitrogens is 1. The van der Waals surface area contributed by atoms with Gasteiger partial charge in [-0.1, -0.05) is 6.92 Å². The van der Waals surface area contributed by atoms with Crippen LogP contribution >= 0.6 is 0 Å². The molecule has 18 heavy (non-hydrogen) atoms. The summed E-state index contributed by atoms with van der Waals surface area (Å²) in [5.41, 5.74) is 0. The summed E-state index contributed by atoms with van der Waals surface area (Å²) in [6.07, 6.45) is 3.97. The Balaban J connectivity index is 1.90. The number of amides is 1. The fourth-order valence-corrected chi connectivity index (χ4v) is 2.28. The summed E-state index contributed by atoms with van der Waals surface area (Å²) in [7, 11) is 2.07. The van der Waals surface area contributed by atoms with Crippen LogP contribution in [0.3, 0.4) is 0 Å². The average Bonchev–Trinajstić information content (AvgIpc) is 2.78. The number of hydrogen-bond donors (Lipinski definition) is 2. The summed E-state index contributed by atoms with van der Waals surface area (Å²) < 4.78 is 0. The summed E-state index contributed by atoms with van der Waals surface area (Å²) in [6, 6.07) is 0.212. The molecule has 6 heteroatoms. The van der Waals surface area contributed by atoms with Gasteiger partial charge in [0.25, 0.3) is 5.91 Å². The topological polar surface area (TPSA) is 73.9 Å². The maximum Gasteiger partial charge on any atom is 0.291 e. The molecule has 2 heterocycles. The Morgan fingerprint density at radius 3 is 3.17 bits per heavy atom. The minimum atomic E-state index is -0.172. The van der Waals surface area contributed by atoms with Crippen LogP contribution in [0.5, 0.6) is 0 Å². The molecule has 6 nitrogen and oxygen atoms in total. The summed E-state index contributed by atoms with van der Waals surface area (Å²) in [5, 5.41) is 9.75. The minimum absolute atomic E-state index is 0.172. The second kappa shape index (κ2) is 5.95. The molecule has 100 valence electrons. The van der Waals surface area contributed by atoms with E-state index in [-0.39, 0.29) is 17.8 Å². The van der Waals surface area contributed by atoms with Crippen molar-refractivity contribution in [2.24, 2.45) is 0 Å². The molecular weight excluding hydrogens is 230 g/mol. The second-order valence-corrected chi connectivity index (χ2v) is 4.93. The minimum Gasteiger partial charge on any atom is -0.345 e. The van der Waals surface area contributed by atoms with Crippen LogP contribution in [0.15, 0.2) is 0 Å². The molecule has 0 bridgehead atoms. The molecular formula is C12H21N5O. The summed E-state index contributed by atoms with van der Waals surface area (Å²) in [6.45, 7) is 4.08. The van der Waals surface area contributed by atoms with Crippen molar-refractivity contribution in [1.29, 1.82) is 0 Å². The molecule has 1 amide bonds. The van der Waals surface area contributed by atoms with Crippen molar-refractivity contribution in [2.45, 2.75) is 38.6 Å². The predicted octanol–water partition coefficient (Wildman–Crippen LogP) is 0.581. The largest absolute Gasteiger partial charge is 0.345 e. The van der Waals surface area contributed by atoms with Gasteiger partial charge in [0.1, 0.15) is 5.82 Å². The number of carbonyl (C=O) groups is 1. The molecule has 1 aromatic rings. The third-order valence-electron chi connectivity index (χ3n) is 3.18. The zero-order valence-corrected chi connectivity index (χ0v) is 11.1. The maximum atomic E-state index is 12.0. The number of rotatable bonds is 4. The highest BCUT2D eigenvalue weighted by atomic mass is 16.2. The molecule has 1 aromatic heterocycles. The zero-order chi connectivity index (χ0) is 13.0. The van der Waals surface area contributed by atoms with E-state index in [1.807, 2.05) is 0 Å².